The van der Waals surface area contributed by atoms with Gasteiger partial charge in [-0.1, -0.05) is 11.6 Å². The molecule has 0 radical (unpaired) electrons. The van der Waals surface area contributed by atoms with Crippen LogP contribution in [0.2, 0.25) is 5.02 Å². The molecule has 0 unspecified atom stereocenters. The molecule has 0 bridgehead atoms. The second kappa shape index (κ2) is 6.53. The van der Waals surface area contributed by atoms with Gasteiger partial charge in [-0.3, -0.25) is 19.6 Å². The van der Waals surface area contributed by atoms with Gasteiger partial charge < -0.3 is 0 Å². The van der Waals surface area contributed by atoms with Crippen LogP contribution in [0.15, 0.2) is 30.5 Å². The van der Waals surface area contributed by atoms with Crippen molar-refractivity contribution >= 4 is 29.1 Å². The number of nitro groups is 1. The zero-order valence-corrected chi connectivity index (χ0v) is 12.9. The molecule has 2 aromatic rings. The summed E-state index contributed by atoms with van der Waals surface area (Å²) >= 11 is 5.99. The van der Waals surface area contributed by atoms with E-state index in [1.54, 1.807) is 17.8 Å². The molecule has 114 valence electrons. The van der Waals surface area contributed by atoms with Crippen LogP contribution in [0.1, 0.15) is 28.5 Å². The van der Waals surface area contributed by atoms with Crippen molar-refractivity contribution in [1.82, 2.24) is 9.78 Å². The molecular weight excluding hydrogens is 306 g/mol. The predicted octanol–water partition coefficient (Wildman–Crippen LogP) is 3.67. The highest BCUT2D eigenvalue weighted by Crippen LogP contribution is 2.23. The third-order valence-corrected chi connectivity index (χ3v) is 3.48. The molecule has 0 saturated carbocycles. The first-order valence-corrected chi connectivity index (χ1v) is 7.00. The van der Waals surface area contributed by atoms with E-state index in [1.807, 2.05) is 6.92 Å². The number of halogens is 1. The molecule has 0 N–H and O–H groups in total. The van der Waals surface area contributed by atoms with Gasteiger partial charge in [-0.05, 0) is 37.6 Å². The summed E-state index contributed by atoms with van der Waals surface area (Å²) in [6.07, 6.45) is 4.49. The Morgan fingerprint density at radius 2 is 2.23 bits per heavy atom. The Morgan fingerprint density at radius 3 is 2.82 bits per heavy atom. The van der Waals surface area contributed by atoms with Crippen LogP contribution in [0.25, 0.3) is 6.08 Å². The van der Waals surface area contributed by atoms with Crippen molar-refractivity contribution in [2.24, 2.45) is 0 Å². The van der Waals surface area contributed by atoms with Crippen molar-refractivity contribution in [1.29, 1.82) is 0 Å². The highest BCUT2D eigenvalue weighted by molar-refractivity contribution is 6.32. The third-order valence-electron chi connectivity index (χ3n) is 3.14. The predicted molar refractivity (Wildman–Crippen MR) is 84.1 cm³/mol. The summed E-state index contributed by atoms with van der Waals surface area (Å²) < 4.78 is 1.68. The molecule has 1 heterocycles. The zero-order chi connectivity index (χ0) is 16.3. The number of aryl methyl sites for hydroxylation is 2. The topological polar surface area (TPSA) is 78.0 Å². The maximum absolute atomic E-state index is 12.2. The fourth-order valence-corrected chi connectivity index (χ4v) is 2.13. The number of carbonyl (C=O) groups excluding carboxylic acids is 1. The van der Waals surface area contributed by atoms with Gasteiger partial charge in [-0.25, -0.2) is 0 Å². The maximum atomic E-state index is 12.2. The zero-order valence-electron chi connectivity index (χ0n) is 12.1. The van der Waals surface area contributed by atoms with Gasteiger partial charge in [0.05, 0.1) is 16.2 Å². The molecule has 0 aliphatic carbocycles. The van der Waals surface area contributed by atoms with Gasteiger partial charge in [-0.2, -0.15) is 5.10 Å². The monoisotopic (exact) mass is 319 g/mol. The molecule has 1 aromatic carbocycles. The number of hydrogen-bond donors (Lipinski definition) is 0. The highest BCUT2D eigenvalue weighted by atomic mass is 35.5. The number of allylic oxidation sites excluding steroid dienone is 1. The van der Waals surface area contributed by atoms with Crippen LogP contribution in [0.5, 0.6) is 0 Å². The molecule has 0 aliphatic rings. The van der Waals surface area contributed by atoms with Crippen molar-refractivity contribution in [3.63, 3.8) is 0 Å². The van der Waals surface area contributed by atoms with Crippen LogP contribution in [0.4, 0.5) is 5.69 Å². The number of rotatable bonds is 5. The first-order valence-electron chi connectivity index (χ1n) is 6.62. The van der Waals surface area contributed by atoms with E-state index in [4.69, 9.17) is 11.6 Å². The molecule has 0 fully saturated rings. The van der Waals surface area contributed by atoms with E-state index in [-0.39, 0.29) is 11.5 Å². The standard InChI is InChI=1S/C15H14ClN3O3/c1-3-18-9-13(10(2)17-18)15(20)7-4-11-8-12(19(21)22)5-6-14(11)16/h4-9H,3H2,1-2H3/b7-4+. The van der Waals surface area contributed by atoms with E-state index >= 15 is 0 Å². The first-order chi connectivity index (χ1) is 10.4. The summed E-state index contributed by atoms with van der Waals surface area (Å²) in [5.74, 6) is -0.222. The molecule has 0 saturated heterocycles. The first kappa shape index (κ1) is 15.9. The van der Waals surface area contributed by atoms with E-state index in [9.17, 15) is 14.9 Å². The second-order valence-corrected chi connectivity index (χ2v) is 5.05. The van der Waals surface area contributed by atoms with Crippen LogP contribution in [0, 0.1) is 17.0 Å². The van der Waals surface area contributed by atoms with Crippen molar-refractivity contribution in [3.05, 3.63) is 62.4 Å². The molecule has 7 heteroatoms. The number of non-ortho nitro benzene ring substituents is 1. The third kappa shape index (κ3) is 3.40. The number of aromatic nitrogens is 2. The van der Waals surface area contributed by atoms with Crippen molar-refractivity contribution < 1.29 is 9.72 Å². The maximum Gasteiger partial charge on any atom is 0.270 e. The van der Waals surface area contributed by atoms with Gasteiger partial charge in [-0.15, -0.1) is 0 Å². The lowest BCUT2D eigenvalue weighted by Gasteiger charge is -1.98. The number of nitrogens with zero attached hydrogens (tertiary/aromatic N) is 3. The number of carbonyl (C=O) groups is 1. The van der Waals surface area contributed by atoms with Gasteiger partial charge in [0.25, 0.3) is 5.69 Å². The summed E-state index contributed by atoms with van der Waals surface area (Å²) in [6, 6.07) is 4.08. The number of hydrogen-bond acceptors (Lipinski definition) is 4. The highest BCUT2D eigenvalue weighted by Gasteiger charge is 2.11. The van der Waals surface area contributed by atoms with E-state index in [2.05, 4.69) is 5.10 Å². The smallest absolute Gasteiger partial charge is 0.270 e. The van der Waals surface area contributed by atoms with E-state index in [0.29, 0.717) is 28.4 Å². The minimum absolute atomic E-state index is 0.0773. The quantitative estimate of drug-likeness (QED) is 0.364. The van der Waals surface area contributed by atoms with Crippen LogP contribution in [-0.4, -0.2) is 20.5 Å². The Labute approximate surface area is 132 Å². The minimum atomic E-state index is -0.509. The lowest BCUT2D eigenvalue weighted by molar-refractivity contribution is -0.384. The molecule has 22 heavy (non-hydrogen) atoms. The fourth-order valence-electron chi connectivity index (χ4n) is 1.95. The largest absolute Gasteiger partial charge is 0.289 e. The Balaban J connectivity index is 2.27. The number of ketones is 1. The van der Waals surface area contributed by atoms with Crippen molar-refractivity contribution in [2.75, 3.05) is 0 Å². The molecular formula is C15H14ClN3O3. The Hall–Kier alpha value is -2.47. The number of nitro benzene ring substituents is 1. The summed E-state index contributed by atoms with van der Waals surface area (Å²) in [5.41, 5.74) is 1.48. The van der Waals surface area contributed by atoms with Gasteiger partial charge in [0.1, 0.15) is 0 Å². The van der Waals surface area contributed by atoms with Crippen molar-refractivity contribution in [2.45, 2.75) is 20.4 Å². The van der Waals surface area contributed by atoms with Crippen molar-refractivity contribution in [3.8, 4) is 0 Å². The Morgan fingerprint density at radius 1 is 1.50 bits per heavy atom. The lowest BCUT2D eigenvalue weighted by atomic mass is 10.1. The molecule has 0 spiro atoms. The fraction of sp³-hybridized carbons (Fsp3) is 0.200. The van der Waals surface area contributed by atoms with Crippen LogP contribution < -0.4 is 0 Å². The Kier molecular flexibility index (Phi) is 4.72. The molecule has 0 atom stereocenters. The summed E-state index contributed by atoms with van der Waals surface area (Å²) in [7, 11) is 0. The van der Waals surface area contributed by atoms with Crippen LogP contribution in [0.3, 0.4) is 0 Å². The minimum Gasteiger partial charge on any atom is -0.289 e. The Bertz CT molecular complexity index is 765. The second-order valence-electron chi connectivity index (χ2n) is 4.64. The normalized spacial score (nSPS) is 11.0. The van der Waals surface area contributed by atoms with Gasteiger partial charge >= 0.3 is 0 Å². The molecule has 1 aromatic heterocycles. The van der Waals surface area contributed by atoms with Gasteiger partial charge in [0.2, 0.25) is 0 Å². The van der Waals surface area contributed by atoms with E-state index in [0.717, 1.165) is 0 Å². The van der Waals surface area contributed by atoms with Crippen LogP contribution >= 0.6 is 11.6 Å². The summed E-state index contributed by atoms with van der Waals surface area (Å²) in [5, 5.41) is 15.3. The van der Waals surface area contributed by atoms with E-state index in [1.165, 1.54) is 30.4 Å². The van der Waals surface area contributed by atoms with Gasteiger partial charge in [0, 0.05) is 29.9 Å². The molecule has 0 aliphatic heterocycles. The van der Waals surface area contributed by atoms with E-state index < -0.39 is 4.92 Å². The molecule has 6 nitrogen and oxygen atoms in total. The summed E-state index contributed by atoms with van der Waals surface area (Å²) in [4.78, 5) is 22.4. The lowest BCUT2D eigenvalue weighted by Crippen LogP contribution is -1.95. The average Bonchev–Trinajstić information content (AvgIpc) is 2.87. The van der Waals surface area contributed by atoms with Gasteiger partial charge in [0.15, 0.2) is 5.78 Å². The average molecular weight is 320 g/mol. The molecule has 0 amide bonds. The number of benzene rings is 1. The summed E-state index contributed by atoms with van der Waals surface area (Å²) in [6.45, 7) is 4.36. The SMILES string of the molecule is CCn1cc(C(=O)/C=C/c2cc([N+](=O)[O-])ccc2Cl)c(C)n1. The van der Waals surface area contributed by atoms with Crippen LogP contribution in [-0.2, 0) is 6.54 Å². The molecule has 2 rings (SSSR count).